The van der Waals surface area contributed by atoms with E-state index in [-0.39, 0.29) is 12.0 Å². The van der Waals surface area contributed by atoms with Crippen LogP contribution < -0.4 is 11.1 Å². The second kappa shape index (κ2) is 5.97. The molecule has 2 atom stereocenters. The van der Waals surface area contributed by atoms with Gasteiger partial charge in [0.05, 0.1) is 12.1 Å². The van der Waals surface area contributed by atoms with Crippen molar-refractivity contribution in [2.75, 3.05) is 13.2 Å². The van der Waals surface area contributed by atoms with E-state index in [0.29, 0.717) is 13.2 Å². The Labute approximate surface area is 73.5 Å². The van der Waals surface area contributed by atoms with Gasteiger partial charge in [0.1, 0.15) is 0 Å². The van der Waals surface area contributed by atoms with E-state index in [1.165, 1.54) is 0 Å². The van der Waals surface area contributed by atoms with Gasteiger partial charge in [0.2, 0.25) is 5.91 Å². The lowest BCUT2D eigenvalue weighted by molar-refractivity contribution is -0.122. The summed E-state index contributed by atoms with van der Waals surface area (Å²) < 4.78 is 5.22. The van der Waals surface area contributed by atoms with Gasteiger partial charge in [-0.1, -0.05) is 0 Å². The van der Waals surface area contributed by atoms with Crippen LogP contribution in [0.2, 0.25) is 0 Å². The maximum atomic E-state index is 11.0. The fraction of sp³-hybridized carbons (Fsp3) is 0.875. The summed E-state index contributed by atoms with van der Waals surface area (Å²) in [5.74, 6) is -0.137. The molecular formula is C8H18N2O2. The summed E-state index contributed by atoms with van der Waals surface area (Å²) in [6, 6.07) is -0.446. The molecule has 0 aliphatic heterocycles. The fourth-order valence-corrected chi connectivity index (χ4v) is 0.749. The Morgan fingerprint density at radius 3 is 2.58 bits per heavy atom. The lowest BCUT2D eigenvalue weighted by atomic mass is 10.3. The van der Waals surface area contributed by atoms with E-state index in [0.717, 1.165) is 0 Å². The molecule has 3 N–H and O–H groups in total. The SMILES string of the molecule is CCOC(C)CNC(=O)[C@H](C)N. The average Bonchev–Trinajstić information content (AvgIpc) is 2.00. The molecule has 0 saturated heterocycles. The molecular weight excluding hydrogens is 156 g/mol. The highest BCUT2D eigenvalue weighted by Gasteiger charge is 2.08. The lowest BCUT2D eigenvalue weighted by Gasteiger charge is -2.13. The van der Waals surface area contributed by atoms with Gasteiger partial charge in [0.25, 0.3) is 0 Å². The van der Waals surface area contributed by atoms with Crippen LogP contribution in [0, 0.1) is 0 Å². The van der Waals surface area contributed by atoms with Crippen LogP contribution in [-0.4, -0.2) is 31.2 Å². The smallest absolute Gasteiger partial charge is 0.236 e. The zero-order valence-electron chi connectivity index (χ0n) is 7.96. The first kappa shape index (κ1) is 11.4. The predicted octanol–water partition coefficient (Wildman–Crippen LogP) is -0.125. The molecule has 0 aliphatic carbocycles. The minimum atomic E-state index is -0.446. The molecule has 0 aromatic rings. The first-order valence-electron chi connectivity index (χ1n) is 4.22. The molecule has 0 aliphatic rings. The zero-order chi connectivity index (χ0) is 9.56. The number of ether oxygens (including phenoxy) is 1. The Morgan fingerprint density at radius 2 is 2.17 bits per heavy atom. The van der Waals surface area contributed by atoms with Crippen LogP contribution in [0.1, 0.15) is 20.8 Å². The highest BCUT2D eigenvalue weighted by Crippen LogP contribution is 1.87. The zero-order valence-corrected chi connectivity index (χ0v) is 7.96. The number of nitrogens with two attached hydrogens (primary N) is 1. The Balaban J connectivity index is 3.47. The van der Waals surface area contributed by atoms with E-state index in [1.807, 2.05) is 13.8 Å². The van der Waals surface area contributed by atoms with Crippen molar-refractivity contribution in [3.8, 4) is 0 Å². The number of hydrogen-bond acceptors (Lipinski definition) is 3. The van der Waals surface area contributed by atoms with Gasteiger partial charge < -0.3 is 15.8 Å². The molecule has 4 heteroatoms. The third-order valence-corrected chi connectivity index (χ3v) is 1.43. The van der Waals surface area contributed by atoms with Crippen molar-refractivity contribution < 1.29 is 9.53 Å². The van der Waals surface area contributed by atoms with Crippen LogP contribution in [0.15, 0.2) is 0 Å². The van der Waals surface area contributed by atoms with Crippen LogP contribution >= 0.6 is 0 Å². The topological polar surface area (TPSA) is 64.3 Å². The van der Waals surface area contributed by atoms with Gasteiger partial charge in [0.15, 0.2) is 0 Å². The summed E-state index contributed by atoms with van der Waals surface area (Å²) in [7, 11) is 0. The fourth-order valence-electron chi connectivity index (χ4n) is 0.749. The predicted molar refractivity (Wildman–Crippen MR) is 47.7 cm³/mol. The molecule has 0 rings (SSSR count). The van der Waals surface area contributed by atoms with Gasteiger partial charge in [-0.3, -0.25) is 4.79 Å². The van der Waals surface area contributed by atoms with Gasteiger partial charge in [0, 0.05) is 13.2 Å². The summed E-state index contributed by atoms with van der Waals surface area (Å²) in [6.07, 6.45) is 0.0534. The third-order valence-electron chi connectivity index (χ3n) is 1.43. The first-order chi connectivity index (χ1) is 5.57. The van der Waals surface area contributed by atoms with Gasteiger partial charge >= 0.3 is 0 Å². The van der Waals surface area contributed by atoms with Gasteiger partial charge in [-0.25, -0.2) is 0 Å². The summed E-state index contributed by atoms with van der Waals surface area (Å²) in [6.45, 7) is 6.67. The van der Waals surface area contributed by atoms with Crippen molar-refractivity contribution in [3.63, 3.8) is 0 Å². The van der Waals surface area contributed by atoms with E-state index in [1.54, 1.807) is 6.92 Å². The Bertz CT molecular complexity index is 137. The minimum absolute atomic E-state index is 0.0534. The highest BCUT2D eigenvalue weighted by atomic mass is 16.5. The van der Waals surface area contributed by atoms with Crippen molar-refractivity contribution in [2.45, 2.75) is 32.9 Å². The number of carbonyl (C=O) groups is 1. The molecule has 1 unspecified atom stereocenters. The quantitative estimate of drug-likeness (QED) is 0.610. The number of nitrogens with one attached hydrogen (secondary N) is 1. The van der Waals surface area contributed by atoms with Gasteiger partial charge in [-0.2, -0.15) is 0 Å². The molecule has 1 amide bonds. The lowest BCUT2D eigenvalue weighted by Crippen LogP contribution is -2.41. The molecule has 12 heavy (non-hydrogen) atoms. The van der Waals surface area contributed by atoms with Crippen molar-refractivity contribution in [3.05, 3.63) is 0 Å². The van der Waals surface area contributed by atoms with Crippen LogP contribution in [-0.2, 0) is 9.53 Å². The minimum Gasteiger partial charge on any atom is -0.377 e. The molecule has 0 aromatic heterocycles. The average molecular weight is 174 g/mol. The number of carbonyl (C=O) groups excluding carboxylic acids is 1. The second-order valence-electron chi connectivity index (χ2n) is 2.80. The van der Waals surface area contributed by atoms with Crippen molar-refractivity contribution in [1.29, 1.82) is 0 Å². The van der Waals surface area contributed by atoms with Crippen LogP contribution in [0.4, 0.5) is 0 Å². The number of rotatable bonds is 5. The van der Waals surface area contributed by atoms with Gasteiger partial charge in [-0.15, -0.1) is 0 Å². The van der Waals surface area contributed by atoms with E-state index in [4.69, 9.17) is 10.5 Å². The molecule has 72 valence electrons. The van der Waals surface area contributed by atoms with E-state index in [2.05, 4.69) is 5.32 Å². The van der Waals surface area contributed by atoms with E-state index < -0.39 is 6.04 Å². The molecule has 0 bridgehead atoms. The second-order valence-corrected chi connectivity index (χ2v) is 2.80. The Morgan fingerprint density at radius 1 is 1.58 bits per heavy atom. The first-order valence-corrected chi connectivity index (χ1v) is 4.22. The normalized spacial score (nSPS) is 15.3. The van der Waals surface area contributed by atoms with Crippen molar-refractivity contribution in [1.82, 2.24) is 5.32 Å². The Hall–Kier alpha value is -0.610. The van der Waals surface area contributed by atoms with Gasteiger partial charge in [-0.05, 0) is 20.8 Å². The van der Waals surface area contributed by atoms with Crippen LogP contribution in [0.3, 0.4) is 0 Å². The maximum absolute atomic E-state index is 11.0. The summed E-state index contributed by atoms with van der Waals surface area (Å²) in [5, 5.41) is 2.68. The highest BCUT2D eigenvalue weighted by molar-refractivity contribution is 5.80. The molecule has 0 saturated carbocycles. The molecule has 0 radical (unpaired) electrons. The number of amides is 1. The van der Waals surface area contributed by atoms with Crippen molar-refractivity contribution >= 4 is 5.91 Å². The molecule has 4 nitrogen and oxygen atoms in total. The molecule has 0 fully saturated rings. The Kier molecular flexibility index (Phi) is 5.66. The summed E-state index contributed by atoms with van der Waals surface area (Å²) in [4.78, 5) is 11.0. The standard InChI is InChI=1S/C8H18N2O2/c1-4-12-6(2)5-10-8(11)7(3)9/h6-7H,4-5,9H2,1-3H3,(H,10,11)/t6?,7-/m0/s1. The monoisotopic (exact) mass is 174 g/mol. The molecule has 0 spiro atoms. The van der Waals surface area contributed by atoms with Crippen LogP contribution in [0.25, 0.3) is 0 Å². The summed E-state index contributed by atoms with van der Waals surface area (Å²) >= 11 is 0. The maximum Gasteiger partial charge on any atom is 0.236 e. The molecule has 0 heterocycles. The van der Waals surface area contributed by atoms with Crippen LogP contribution in [0.5, 0.6) is 0 Å². The largest absolute Gasteiger partial charge is 0.377 e. The van der Waals surface area contributed by atoms with E-state index >= 15 is 0 Å². The third kappa shape index (κ3) is 5.09. The summed E-state index contributed by atoms with van der Waals surface area (Å²) in [5.41, 5.74) is 5.34. The van der Waals surface area contributed by atoms with Crippen molar-refractivity contribution in [2.24, 2.45) is 5.73 Å². The number of hydrogen-bond donors (Lipinski definition) is 2. The molecule has 0 aromatic carbocycles. The van der Waals surface area contributed by atoms with E-state index in [9.17, 15) is 4.79 Å².